The Labute approximate surface area is 122 Å². The van der Waals surface area contributed by atoms with Gasteiger partial charge in [-0.15, -0.1) is 0 Å². The molecule has 0 saturated carbocycles. The first-order valence-corrected chi connectivity index (χ1v) is 7.03. The van der Waals surface area contributed by atoms with Crippen molar-refractivity contribution in [2.24, 2.45) is 0 Å². The summed E-state index contributed by atoms with van der Waals surface area (Å²) in [5.74, 6) is 0.347. The van der Waals surface area contributed by atoms with Crippen LogP contribution in [0.5, 0.6) is 0 Å². The van der Waals surface area contributed by atoms with E-state index in [1.54, 1.807) is 12.3 Å². The fourth-order valence-corrected chi connectivity index (χ4v) is 2.52. The van der Waals surface area contributed by atoms with Crippen molar-refractivity contribution >= 4 is 11.0 Å². The van der Waals surface area contributed by atoms with Gasteiger partial charge in [0.2, 0.25) is 0 Å². The van der Waals surface area contributed by atoms with E-state index >= 15 is 0 Å². The van der Waals surface area contributed by atoms with E-state index in [2.05, 4.69) is 10.3 Å². The monoisotopic (exact) mass is 284 g/mol. The standard InChI is InChI=1S/C17H17FN2O/c1-3-19-16(15-13(18)8-5-9-20-15)14-10-12-7-4-6-11(2)17(12)21-14/h4-10,16,19H,3H2,1-2H3. The van der Waals surface area contributed by atoms with Gasteiger partial charge in [0.15, 0.2) is 0 Å². The number of hydrogen-bond donors (Lipinski definition) is 1. The van der Waals surface area contributed by atoms with Crippen molar-refractivity contribution in [1.82, 2.24) is 10.3 Å². The molecule has 3 rings (SSSR count). The van der Waals surface area contributed by atoms with Gasteiger partial charge in [-0.1, -0.05) is 25.1 Å². The molecule has 2 aromatic heterocycles. The molecule has 0 fully saturated rings. The summed E-state index contributed by atoms with van der Waals surface area (Å²) < 4.78 is 20.0. The molecule has 1 unspecified atom stereocenters. The molecule has 0 aliphatic rings. The number of furan rings is 1. The van der Waals surface area contributed by atoms with Crippen LogP contribution in [0.15, 0.2) is 47.0 Å². The summed E-state index contributed by atoms with van der Waals surface area (Å²) in [7, 11) is 0. The molecule has 0 amide bonds. The maximum absolute atomic E-state index is 14.0. The summed E-state index contributed by atoms with van der Waals surface area (Å²) in [5, 5.41) is 4.26. The highest BCUT2D eigenvalue weighted by atomic mass is 19.1. The second-order valence-electron chi connectivity index (χ2n) is 5.00. The highest BCUT2D eigenvalue weighted by molar-refractivity contribution is 5.81. The zero-order valence-electron chi connectivity index (χ0n) is 12.1. The molecule has 21 heavy (non-hydrogen) atoms. The van der Waals surface area contributed by atoms with Crippen molar-refractivity contribution in [3.8, 4) is 0 Å². The largest absolute Gasteiger partial charge is 0.459 e. The lowest BCUT2D eigenvalue weighted by atomic mass is 10.1. The minimum Gasteiger partial charge on any atom is -0.459 e. The van der Waals surface area contributed by atoms with Crippen LogP contribution in [0.4, 0.5) is 4.39 Å². The summed E-state index contributed by atoms with van der Waals surface area (Å²) in [6, 6.07) is 10.5. The molecule has 0 aliphatic carbocycles. The number of nitrogens with one attached hydrogen (secondary N) is 1. The molecule has 0 saturated heterocycles. The molecule has 3 nitrogen and oxygen atoms in total. The van der Waals surface area contributed by atoms with Gasteiger partial charge in [0.1, 0.15) is 28.9 Å². The number of hydrogen-bond acceptors (Lipinski definition) is 3. The van der Waals surface area contributed by atoms with Gasteiger partial charge in [-0.2, -0.15) is 0 Å². The van der Waals surface area contributed by atoms with Crippen molar-refractivity contribution in [2.75, 3.05) is 6.54 Å². The maximum atomic E-state index is 14.0. The summed E-state index contributed by atoms with van der Waals surface area (Å²) >= 11 is 0. The normalized spacial score (nSPS) is 12.7. The van der Waals surface area contributed by atoms with Crippen molar-refractivity contribution in [3.63, 3.8) is 0 Å². The van der Waals surface area contributed by atoms with Crippen LogP contribution in [0.1, 0.15) is 30.0 Å². The van der Waals surface area contributed by atoms with Crippen molar-refractivity contribution in [2.45, 2.75) is 19.9 Å². The molecule has 3 aromatic rings. The zero-order valence-corrected chi connectivity index (χ0v) is 12.1. The summed E-state index contributed by atoms with van der Waals surface area (Å²) in [6.07, 6.45) is 1.59. The lowest BCUT2D eigenvalue weighted by Gasteiger charge is -2.15. The van der Waals surface area contributed by atoms with E-state index in [-0.39, 0.29) is 11.9 Å². The third-order valence-electron chi connectivity index (χ3n) is 3.51. The zero-order chi connectivity index (χ0) is 14.8. The third-order valence-corrected chi connectivity index (χ3v) is 3.51. The fraction of sp³-hybridized carbons (Fsp3) is 0.235. The van der Waals surface area contributed by atoms with Gasteiger partial charge >= 0.3 is 0 Å². The second-order valence-corrected chi connectivity index (χ2v) is 5.00. The Hall–Kier alpha value is -2.20. The smallest absolute Gasteiger partial charge is 0.146 e. The van der Waals surface area contributed by atoms with E-state index < -0.39 is 0 Å². The molecule has 1 aromatic carbocycles. The minimum absolute atomic E-state index is 0.333. The Morgan fingerprint density at radius 1 is 1.29 bits per heavy atom. The van der Waals surface area contributed by atoms with Crippen molar-refractivity contribution < 1.29 is 8.81 Å². The summed E-state index contributed by atoms with van der Waals surface area (Å²) in [6.45, 7) is 4.66. The molecule has 0 spiro atoms. The average Bonchev–Trinajstić information content (AvgIpc) is 2.91. The van der Waals surface area contributed by atoms with Gasteiger partial charge in [0.25, 0.3) is 0 Å². The van der Waals surface area contributed by atoms with Crippen LogP contribution >= 0.6 is 0 Å². The van der Waals surface area contributed by atoms with Gasteiger partial charge in [-0.05, 0) is 37.2 Å². The second kappa shape index (κ2) is 5.66. The average molecular weight is 284 g/mol. The van der Waals surface area contributed by atoms with E-state index in [4.69, 9.17) is 4.42 Å². The SMILES string of the molecule is CCNC(c1cc2cccc(C)c2o1)c1ncccc1F. The van der Waals surface area contributed by atoms with Gasteiger partial charge < -0.3 is 9.73 Å². The molecular formula is C17H17FN2O. The van der Waals surface area contributed by atoms with Crippen LogP contribution < -0.4 is 5.32 Å². The first-order valence-electron chi connectivity index (χ1n) is 7.03. The molecule has 0 aliphatic heterocycles. The van der Waals surface area contributed by atoms with E-state index in [1.807, 2.05) is 38.1 Å². The highest BCUT2D eigenvalue weighted by Crippen LogP contribution is 2.30. The number of halogens is 1. The van der Waals surface area contributed by atoms with Crippen LogP contribution in [-0.4, -0.2) is 11.5 Å². The number of pyridine rings is 1. The number of nitrogens with zero attached hydrogens (tertiary/aromatic N) is 1. The Balaban J connectivity index is 2.11. The predicted octanol–water partition coefficient (Wildman–Crippen LogP) is 3.97. The number of rotatable bonds is 4. The topological polar surface area (TPSA) is 38.1 Å². The first kappa shape index (κ1) is 13.8. The van der Waals surface area contributed by atoms with Gasteiger partial charge in [-0.3, -0.25) is 4.98 Å². The molecule has 1 atom stereocenters. The number of para-hydroxylation sites is 1. The van der Waals surface area contributed by atoms with Crippen LogP contribution in [-0.2, 0) is 0 Å². The van der Waals surface area contributed by atoms with E-state index in [0.29, 0.717) is 18.0 Å². The fourth-order valence-electron chi connectivity index (χ4n) is 2.52. The molecule has 4 heteroatoms. The molecule has 108 valence electrons. The summed E-state index contributed by atoms with van der Waals surface area (Å²) in [4.78, 5) is 4.17. The van der Waals surface area contributed by atoms with Crippen LogP contribution in [0.3, 0.4) is 0 Å². The van der Waals surface area contributed by atoms with E-state index in [0.717, 1.165) is 16.5 Å². The number of aromatic nitrogens is 1. The number of fused-ring (bicyclic) bond motifs is 1. The maximum Gasteiger partial charge on any atom is 0.146 e. The molecule has 0 bridgehead atoms. The van der Waals surface area contributed by atoms with E-state index in [1.165, 1.54) is 6.07 Å². The van der Waals surface area contributed by atoms with Gasteiger partial charge in [-0.25, -0.2) is 4.39 Å². The Kier molecular flexibility index (Phi) is 3.71. The van der Waals surface area contributed by atoms with Gasteiger partial charge in [0, 0.05) is 11.6 Å². The Morgan fingerprint density at radius 3 is 2.86 bits per heavy atom. The van der Waals surface area contributed by atoms with Crippen LogP contribution in [0.25, 0.3) is 11.0 Å². The van der Waals surface area contributed by atoms with Crippen molar-refractivity contribution in [1.29, 1.82) is 0 Å². The van der Waals surface area contributed by atoms with Crippen molar-refractivity contribution in [3.05, 3.63) is 65.4 Å². The lowest BCUT2D eigenvalue weighted by molar-refractivity contribution is 0.453. The molecular weight excluding hydrogens is 267 g/mol. The predicted molar refractivity (Wildman–Crippen MR) is 80.7 cm³/mol. The number of benzene rings is 1. The summed E-state index contributed by atoms with van der Waals surface area (Å²) in [5.41, 5.74) is 2.26. The first-order chi connectivity index (χ1) is 10.2. The third kappa shape index (κ3) is 2.54. The van der Waals surface area contributed by atoms with Gasteiger partial charge in [0.05, 0.1) is 0 Å². The van der Waals surface area contributed by atoms with Crippen LogP contribution in [0.2, 0.25) is 0 Å². The number of aryl methyl sites for hydroxylation is 1. The Morgan fingerprint density at radius 2 is 2.14 bits per heavy atom. The molecule has 0 radical (unpaired) electrons. The van der Waals surface area contributed by atoms with Crippen LogP contribution in [0, 0.1) is 12.7 Å². The molecule has 1 N–H and O–H groups in total. The van der Waals surface area contributed by atoms with E-state index in [9.17, 15) is 4.39 Å². The highest BCUT2D eigenvalue weighted by Gasteiger charge is 2.22. The molecule has 2 heterocycles. The quantitative estimate of drug-likeness (QED) is 0.787. The lowest BCUT2D eigenvalue weighted by Crippen LogP contribution is -2.23. The Bertz CT molecular complexity index is 766. The minimum atomic E-state index is -0.386.